The van der Waals surface area contributed by atoms with Gasteiger partial charge in [0.2, 0.25) is 0 Å². The van der Waals surface area contributed by atoms with Gasteiger partial charge < -0.3 is 0 Å². The number of fused-ring (bicyclic) bond motifs is 2. The molecule has 5 atom stereocenters. The molecule has 2 aliphatic carbocycles. The Kier molecular flexibility index (Phi) is 5.51. The second-order valence-corrected chi connectivity index (χ2v) is 9.72. The van der Waals surface area contributed by atoms with Crippen molar-refractivity contribution in [2.45, 2.75) is 44.9 Å². The topological polar surface area (TPSA) is 53.8 Å². The Labute approximate surface area is 188 Å². The lowest BCUT2D eigenvalue weighted by molar-refractivity contribution is -0.123. The number of hydrogen-bond acceptors (Lipinski definition) is 3. The number of ketones is 1. The zero-order valence-electron chi connectivity index (χ0n) is 18.3. The summed E-state index contributed by atoms with van der Waals surface area (Å²) in [5.41, 5.74) is 3.69. The summed E-state index contributed by atoms with van der Waals surface area (Å²) in [5, 5.41) is 9.88. The van der Waals surface area contributed by atoms with E-state index < -0.39 is 0 Å². The van der Waals surface area contributed by atoms with E-state index in [0.717, 1.165) is 42.1 Å². The quantitative estimate of drug-likeness (QED) is 0.487. The fourth-order valence-corrected chi connectivity index (χ4v) is 6.14. The zero-order chi connectivity index (χ0) is 22.2. The second-order valence-electron chi connectivity index (χ2n) is 9.72. The van der Waals surface area contributed by atoms with E-state index in [1.807, 2.05) is 18.3 Å². The molecule has 5 rings (SSSR count). The number of carbonyl (C=O) groups is 1. The van der Waals surface area contributed by atoms with Crippen molar-refractivity contribution in [3.8, 4) is 6.07 Å². The summed E-state index contributed by atoms with van der Waals surface area (Å²) in [6.07, 6.45) is 6.74. The van der Waals surface area contributed by atoms with Crippen molar-refractivity contribution in [2.24, 2.45) is 23.7 Å². The van der Waals surface area contributed by atoms with Crippen LogP contribution in [0.3, 0.4) is 0 Å². The Morgan fingerprint density at radius 2 is 1.81 bits per heavy atom. The third kappa shape index (κ3) is 3.93. The number of rotatable bonds is 5. The Hall–Kier alpha value is -3.06. The monoisotopic (exact) mass is 426 g/mol. The molecule has 0 radical (unpaired) electrons. The van der Waals surface area contributed by atoms with Gasteiger partial charge in [-0.1, -0.05) is 19.1 Å². The normalized spacial score (nSPS) is 25.4. The first-order valence-electron chi connectivity index (χ1n) is 11.6. The molecule has 2 aliphatic rings. The minimum absolute atomic E-state index is 0.0607. The molecule has 3 aromatic rings. The van der Waals surface area contributed by atoms with E-state index in [0.29, 0.717) is 41.4 Å². The number of carbonyl (C=O) groups excluding carboxylic acids is 1. The molecule has 0 amide bonds. The lowest BCUT2D eigenvalue weighted by Crippen LogP contribution is -2.21. The van der Waals surface area contributed by atoms with Crippen LogP contribution in [0.5, 0.6) is 0 Å². The largest absolute Gasteiger partial charge is 0.299 e. The minimum Gasteiger partial charge on any atom is -0.299 e. The maximum absolute atomic E-state index is 13.9. The number of hydrogen-bond donors (Lipinski definition) is 0. The van der Waals surface area contributed by atoms with Crippen LogP contribution in [0, 0.1) is 40.8 Å². The van der Waals surface area contributed by atoms with Crippen LogP contribution in [0.1, 0.15) is 55.2 Å². The van der Waals surface area contributed by atoms with E-state index >= 15 is 0 Å². The van der Waals surface area contributed by atoms with Gasteiger partial charge in [-0.25, -0.2) is 4.39 Å². The molecule has 4 heteroatoms. The molecule has 0 N–H and O–H groups in total. The molecule has 0 spiro atoms. The number of pyridine rings is 1. The first-order valence-corrected chi connectivity index (χ1v) is 11.6. The first-order chi connectivity index (χ1) is 15.5. The number of nitrogens with zero attached hydrogens (tertiary/aromatic N) is 2. The van der Waals surface area contributed by atoms with Gasteiger partial charge >= 0.3 is 0 Å². The van der Waals surface area contributed by atoms with Gasteiger partial charge in [-0.15, -0.1) is 0 Å². The summed E-state index contributed by atoms with van der Waals surface area (Å²) in [6.45, 7) is 2.09. The Bertz CT molecular complexity index is 1180. The highest BCUT2D eigenvalue weighted by atomic mass is 19.1. The van der Waals surface area contributed by atoms with Crippen LogP contribution in [-0.4, -0.2) is 10.8 Å². The van der Waals surface area contributed by atoms with Gasteiger partial charge in [0.15, 0.2) is 0 Å². The molecule has 1 aromatic heterocycles. The zero-order valence-corrected chi connectivity index (χ0v) is 18.3. The fraction of sp³-hybridized carbons (Fsp3) is 0.393. The summed E-state index contributed by atoms with van der Waals surface area (Å²) in [7, 11) is 0. The SMILES string of the molecule is CC(C(=O)Cc1ccc(C#N)cc1)C1C[C@H]2CC(c3ccnc4ccc(F)cc34)C[C@H]2C1. The first kappa shape index (κ1) is 20.8. The van der Waals surface area contributed by atoms with Crippen LogP contribution < -0.4 is 0 Å². The Balaban J connectivity index is 1.23. The van der Waals surface area contributed by atoms with E-state index in [1.54, 1.807) is 24.3 Å². The number of nitriles is 1. The van der Waals surface area contributed by atoms with Crippen LogP contribution in [0.25, 0.3) is 10.9 Å². The number of benzene rings is 2. The summed E-state index contributed by atoms with van der Waals surface area (Å²) in [4.78, 5) is 17.3. The third-order valence-corrected chi connectivity index (χ3v) is 7.91. The molecule has 32 heavy (non-hydrogen) atoms. The molecule has 2 saturated carbocycles. The smallest absolute Gasteiger partial charge is 0.140 e. The van der Waals surface area contributed by atoms with Crippen molar-refractivity contribution < 1.29 is 9.18 Å². The van der Waals surface area contributed by atoms with E-state index in [2.05, 4.69) is 24.0 Å². The third-order valence-electron chi connectivity index (χ3n) is 7.91. The van der Waals surface area contributed by atoms with Crippen molar-refractivity contribution in [1.29, 1.82) is 5.26 Å². The Morgan fingerprint density at radius 1 is 1.09 bits per heavy atom. The van der Waals surface area contributed by atoms with E-state index in [1.165, 1.54) is 11.6 Å². The van der Waals surface area contributed by atoms with Crippen molar-refractivity contribution in [3.05, 3.63) is 77.2 Å². The predicted molar refractivity (Wildman–Crippen MR) is 122 cm³/mol. The number of halogens is 1. The number of aromatic nitrogens is 1. The molecule has 3 nitrogen and oxygen atoms in total. The van der Waals surface area contributed by atoms with E-state index in [9.17, 15) is 9.18 Å². The summed E-state index contributed by atoms with van der Waals surface area (Å²) in [6, 6.07) is 16.4. The molecule has 0 bridgehead atoms. The van der Waals surface area contributed by atoms with Crippen molar-refractivity contribution in [1.82, 2.24) is 4.98 Å². The lowest BCUT2D eigenvalue weighted by Gasteiger charge is -2.21. The van der Waals surface area contributed by atoms with Gasteiger partial charge in [-0.2, -0.15) is 5.26 Å². The summed E-state index contributed by atoms with van der Waals surface area (Å²) in [5.74, 6) is 2.34. The van der Waals surface area contributed by atoms with Crippen LogP contribution in [0.15, 0.2) is 54.7 Å². The van der Waals surface area contributed by atoms with Gasteiger partial charge in [0.25, 0.3) is 0 Å². The van der Waals surface area contributed by atoms with Gasteiger partial charge in [0.05, 0.1) is 17.1 Å². The lowest BCUT2D eigenvalue weighted by atomic mass is 9.83. The molecular weight excluding hydrogens is 399 g/mol. The molecule has 2 aromatic carbocycles. The number of Topliss-reactive ketones (excluding diaryl/α,β-unsaturated/α-hetero) is 1. The van der Waals surface area contributed by atoms with E-state index in [-0.39, 0.29) is 11.7 Å². The molecule has 3 unspecified atom stereocenters. The molecule has 0 saturated heterocycles. The summed E-state index contributed by atoms with van der Waals surface area (Å²) >= 11 is 0. The maximum atomic E-state index is 13.9. The maximum Gasteiger partial charge on any atom is 0.140 e. The standard InChI is InChI=1S/C28H27FN2O/c1-17(28(32)10-18-2-4-19(16-30)5-3-18)20-11-21-13-23(14-22(21)12-20)25-8-9-31-27-7-6-24(29)15-26(25)27/h2-9,15,17,20-23H,10-14H2,1H3/t17?,20?,21-,22+,23?. The average molecular weight is 427 g/mol. The average Bonchev–Trinajstić information content (AvgIpc) is 3.38. The Morgan fingerprint density at radius 3 is 2.50 bits per heavy atom. The van der Waals surface area contributed by atoms with Crippen LogP contribution in [-0.2, 0) is 11.2 Å². The van der Waals surface area contributed by atoms with Gasteiger partial charge in [0.1, 0.15) is 11.6 Å². The van der Waals surface area contributed by atoms with Crippen molar-refractivity contribution in [3.63, 3.8) is 0 Å². The van der Waals surface area contributed by atoms with Gasteiger partial charge in [-0.3, -0.25) is 9.78 Å². The highest BCUT2D eigenvalue weighted by molar-refractivity contribution is 5.83. The molecule has 0 aliphatic heterocycles. The summed E-state index contributed by atoms with van der Waals surface area (Å²) < 4.78 is 13.9. The molecule has 2 fully saturated rings. The van der Waals surface area contributed by atoms with Gasteiger partial charge in [0, 0.05) is 23.9 Å². The van der Waals surface area contributed by atoms with Crippen LogP contribution >= 0.6 is 0 Å². The predicted octanol–water partition coefficient (Wildman–Crippen LogP) is 6.21. The van der Waals surface area contributed by atoms with Crippen LogP contribution in [0.4, 0.5) is 4.39 Å². The van der Waals surface area contributed by atoms with Gasteiger partial charge in [-0.05, 0) is 96.9 Å². The highest BCUT2D eigenvalue weighted by Gasteiger charge is 2.44. The van der Waals surface area contributed by atoms with Crippen molar-refractivity contribution >= 4 is 16.7 Å². The minimum atomic E-state index is -0.209. The highest BCUT2D eigenvalue weighted by Crippen LogP contribution is 2.54. The fourth-order valence-electron chi connectivity index (χ4n) is 6.14. The van der Waals surface area contributed by atoms with Crippen molar-refractivity contribution in [2.75, 3.05) is 0 Å². The molecule has 1 heterocycles. The molecular formula is C28H27FN2O. The van der Waals surface area contributed by atoms with E-state index in [4.69, 9.17) is 5.26 Å². The molecule has 162 valence electrons. The van der Waals surface area contributed by atoms with Crippen LogP contribution in [0.2, 0.25) is 0 Å². The second kappa shape index (κ2) is 8.47.